The van der Waals surface area contributed by atoms with Crippen molar-refractivity contribution >= 4 is 16.7 Å². The van der Waals surface area contributed by atoms with E-state index in [9.17, 15) is 4.79 Å². The highest BCUT2D eigenvalue weighted by atomic mass is 16.5. The third-order valence-corrected chi connectivity index (χ3v) is 4.26. The quantitative estimate of drug-likeness (QED) is 0.811. The molecule has 23 heavy (non-hydrogen) atoms. The topological polar surface area (TPSA) is 38.3 Å². The number of carbonyl (C=O) groups is 1. The minimum absolute atomic E-state index is 0.0608. The van der Waals surface area contributed by atoms with Gasteiger partial charge in [0.05, 0.1) is 0 Å². The molecule has 120 valence electrons. The van der Waals surface area contributed by atoms with Gasteiger partial charge in [-0.05, 0) is 43.6 Å². The molecule has 3 heteroatoms. The summed E-state index contributed by atoms with van der Waals surface area (Å²) in [5.41, 5.74) is 1.48. The molecule has 3 nitrogen and oxygen atoms in total. The third kappa shape index (κ3) is 4.35. The van der Waals surface area contributed by atoms with Crippen LogP contribution in [-0.2, 0) is 4.79 Å². The smallest absolute Gasteiger partial charge is 0.257 e. The zero-order valence-electron chi connectivity index (χ0n) is 13.4. The van der Waals surface area contributed by atoms with Gasteiger partial charge in [-0.3, -0.25) is 4.79 Å². The Hall–Kier alpha value is -2.29. The summed E-state index contributed by atoms with van der Waals surface area (Å²) < 4.78 is 5.70. The van der Waals surface area contributed by atoms with E-state index in [2.05, 4.69) is 11.4 Å². The fourth-order valence-corrected chi connectivity index (χ4v) is 3.01. The Balaban J connectivity index is 1.47. The molecule has 1 N–H and O–H groups in total. The van der Waals surface area contributed by atoms with Gasteiger partial charge in [0.25, 0.3) is 5.91 Å². The van der Waals surface area contributed by atoms with Crippen LogP contribution < -0.4 is 10.1 Å². The zero-order chi connectivity index (χ0) is 15.9. The van der Waals surface area contributed by atoms with E-state index in [1.165, 1.54) is 31.3 Å². The Morgan fingerprint density at radius 2 is 1.96 bits per heavy atom. The summed E-state index contributed by atoms with van der Waals surface area (Å²) in [6, 6.07) is 13.9. The van der Waals surface area contributed by atoms with Gasteiger partial charge in [-0.15, -0.1) is 0 Å². The number of nitrogens with one attached hydrogen (secondary N) is 1. The van der Waals surface area contributed by atoms with E-state index in [1.807, 2.05) is 42.5 Å². The minimum atomic E-state index is -0.0608. The predicted octanol–water partition coefficient (Wildman–Crippen LogP) is 4.23. The van der Waals surface area contributed by atoms with Crippen LogP contribution in [0.5, 0.6) is 5.75 Å². The minimum Gasteiger partial charge on any atom is -0.483 e. The van der Waals surface area contributed by atoms with Gasteiger partial charge in [0.15, 0.2) is 6.61 Å². The Morgan fingerprint density at radius 1 is 1.09 bits per heavy atom. The van der Waals surface area contributed by atoms with Crippen molar-refractivity contribution in [1.29, 1.82) is 0 Å². The summed E-state index contributed by atoms with van der Waals surface area (Å²) in [5, 5.41) is 5.10. The first kappa shape index (κ1) is 15.6. The molecular formula is C20H23NO2. The van der Waals surface area contributed by atoms with Gasteiger partial charge in [0.2, 0.25) is 0 Å². The first-order valence-electron chi connectivity index (χ1n) is 8.38. The summed E-state index contributed by atoms with van der Waals surface area (Å²) in [5.74, 6) is 0.697. The Morgan fingerprint density at radius 3 is 2.83 bits per heavy atom. The van der Waals surface area contributed by atoms with Gasteiger partial charge in [-0.2, -0.15) is 0 Å². The number of rotatable bonds is 6. The molecule has 3 rings (SSSR count). The van der Waals surface area contributed by atoms with Crippen LogP contribution in [0.15, 0.2) is 54.1 Å². The van der Waals surface area contributed by atoms with Crippen molar-refractivity contribution < 1.29 is 9.53 Å². The first-order chi connectivity index (χ1) is 11.3. The summed E-state index contributed by atoms with van der Waals surface area (Å²) in [7, 11) is 0. The zero-order valence-corrected chi connectivity index (χ0v) is 13.4. The van der Waals surface area contributed by atoms with Crippen molar-refractivity contribution in [1.82, 2.24) is 5.32 Å². The van der Waals surface area contributed by atoms with Gasteiger partial charge >= 0.3 is 0 Å². The molecule has 2 aromatic rings. The van der Waals surface area contributed by atoms with Crippen molar-refractivity contribution in [2.24, 2.45) is 0 Å². The van der Waals surface area contributed by atoms with Crippen LogP contribution in [-0.4, -0.2) is 19.1 Å². The summed E-state index contributed by atoms with van der Waals surface area (Å²) in [4.78, 5) is 11.9. The predicted molar refractivity (Wildman–Crippen MR) is 93.6 cm³/mol. The van der Waals surface area contributed by atoms with Crippen LogP contribution in [0.1, 0.15) is 32.1 Å². The van der Waals surface area contributed by atoms with E-state index in [4.69, 9.17) is 4.74 Å². The summed E-state index contributed by atoms with van der Waals surface area (Å²) in [6.07, 6.45) is 8.23. The molecule has 2 aromatic carbocycles. The van der Waals surface area contributed by atoms with E-state index < -0.39 is 0 Å². The molecule has 0 radical (unpaired) electrons. The maximum absolute atomic E-state index is 11.9. The molecule has 0 fully saturated rings. The molecule has 0 saturated heterocycles. The fourth-order valence-electron chi connectivity index (χ4n) is 3.01. The van der Waals surface area contributed by atoms with Crippen molar-refractivity contribution in [3.63, 3.8) is 0 Å². The number of benzene rings is 2. The highest BCUT2D eigenvalue weighted by Crippen LogP contribution is 2.25. The highest BCUT2D eigenvalue weighted by molar-refractivity contribution is 5.88. The monoisotopic (exact) mass is 309 g/mol. The Labute approximate surface area is 137 Å². The third-order valence-electron chi connectivity index (χ3n) is 4.26. The summed E-state index contributed by atoms with van der Waals surface area (Å²) in [6.45, 7) is 0.761. The molecule has 1 amide bonds. The molecule has 0 aliphatic heterocycles. The van der Waals surface area contributed by atoms with Crippen molar-refractivity contribution in [3.05, 3.63) is 54.1 Å². The maximum Gasteiger partial charge on any atom is 0.257 e. The lowest BCUT2D eigenvalue weighted by atomic mass is 9.97. The standard InChI is InChI=1S/C20H23NO2/c22-20(21-14-13-16-7-2-1-3-8-16)15-23-19-12-6-10-17-9-4-5-11-18(17)19/h4-7,9-12H,1-3,8,13-15H2,(H,21,22). The van der Waals surface area contributed by atoms with Crippen LogP contribution in [0.2, 0.25) is 0 Å². The molecule has 0 unspecified atom stereocenters. The van der Waals surface area contributed by atoms with Crippen molar-refractivity contribution in [3.8, 4) is 5.75 Å². The van der Waals surface area contributed by atoms with Gasteiger partial charge in [-0.25, -0.2) is 0 Å². The van der Waals surface area contributed by atoms with Crippen LogP contribution in [0.25, 0.3) is 10.8 Å². The van der Waals surface area contributed by atoms with Crippen LogP contribution in [0.3, 0.4) is 0 Å². The van der Waals surface area contributed by atoms with Gasteiger partial charge < -0.3 is 10.1 Å². The van der Waals surface area contributed by atoms with Crippen LogP contribution in [0, 0.1) is 0 Å². The number of ether oxygens (including phenoxy) is 1. The van der Waals surface area contributed by atoms with E-state index >= 15 is 0 Å². The van der Waals surface area contributed by atoms with E-state index in [-0.39, 0.29) is 12.5 Å². The van der Waals surface area contributed by atoms with Gasteiger partial charge in [0.1, 0.15) is 5.75 Å². The average molecular weight is 309 g/mol. The fraction of sp³-hybridized carbons (Fsp3) is 0.350. The molecular weight excluding hydrogens is 286 g/mol. The second-order valence-corrected chi connectivity index (χ2v) is 5.97. The number of carbonyl (C=O) groups excluding carboxylic acids is 1. The van der Waals surface area contributed by atoms with Crippen molar-refractivity contribution in [2.75, 3.05) is 13.2 Å². The molecule has 0 bridgehead atoms. The van der Waals surface area contributed by atoms with E-state index in [0.717, 1.165) is 22.9 Å². The first-order valence-corrected chi connectivity index (χ1v) is 8.38. The normalized spacial score (nSPS) is 14.3. The summed E-state index contributed by atoms with van der Waals surface area (Å²) >= 11 is 0. The molecule has 0 atom stereocenters. The lowest BCUT2D eigenvalue weighted by Crippen LogP contribution is -2.30. The van der Waals surface area contributed by atoms with Gasteiger partial charge in [-0.1, -0.05) is 48.0 Å². The second kappa shape index (κ2) is 7.82. The van der Waals surface area contributed by atoms with Crippen LogP contribution in [0.4, 0.5) is 0 Å². The molecule has 1 aliphatic rings. The lowest BCUT2D eigenvalue weighted by molar-refractivity contribution is -0.123. The average Bonchev–Trinajstić information content (AvgIpc) is 2.61. The molecule has 1 aliphatic carbocycles. The molecule has 0 spiro atoms. The number of hydrogen-bond acceptors (Lipinski definition) is 2. The molecule has 0 heterocycles. The Bertz CT molecular complexity index is 700. The lowest BCUT2D eigenvalue weighted by Gasteiger charge is -2.13. The number of hydrogen-bond donors (Lipinski definition) is 1. The maximum atomic E-state index is 11.9. The SMILES string of the molecule is O=C(COc1cccc2ccccc12)NCCC1=CCCCC1. The highest BCUT2D eigenvalue weighted by Gasteiger charge is 2.07. The number of amides is 1. The van der Waals surface area contributed by atoms with Crippen molar-refractivity contribution in [2.45, 2.75) is 32.1 Å². The van der Waals surface area contributed by atoms with E-state index in [0.29, 0.717) is 6.54 Å². The van der Waals surface area contributed by atoms with Gasteiger partial charge in [0, 0.05) is 11.9 Å². The Kier molecular flexibility index (Phi) is 5.30. The molecule has 0 saturated carbocycles. The number of allylic oxidation sites excluding steroid dienone is 1. The second-order valence-electron chi connectivity index (χ2n) is 5.97. The number of fused-ring (bicyclic) bond motifs is 1. The van der Waals surface area contributed by atoms with Crippen LogP contribution >= 0.6 is 0 Å². The largest absolute Gasteiger partial charge is 0.483 e. The van der Waals surface area contributed by atoms with E-state index in [1.54, 1.807) is 0 Å². The molecule has 0 aromatic heterocycles.